The molecule has 2 aromatic rings. The molecule has 1 aromatic heterocycles. The summed E-state index contributed by atoms with van der Waals surface area (Å²) < 4.78 is 2.12. The molecule has 96 valence electrons. The number of fused-ring (bicyclic) bond motifs is 1. The first kappa shape index (κ1) is 12.7. The Morgan fingerprint density at radius 1 is 1.44 bits per heavy atom. The second-order valence-electron chi connectivity index (χ2n) is 5.05. The summed E-state index contributed by atoms with van der Waals surface area (Å²) in [6, 6.07) is 6.41. The van der Waals surface area contributed by atoms with Gasteiger partial charge in [-0.05, 0) is 36.5 Å². The largest absolute Gasteiger partial charge is 0.481 e. The molecule has 0 bridgehead atoms. The fourth-order valence-electron chi connectivity index (χ4n) is 2.41. The standard InChI is InChI=1S/C15H19NO2/c1-10-4-6-12-13(9-16(3)14(12)8-10)11(2)5-7-15(17)18/h4,6,8-9,11H,5,7H2,1-3H3,(H,17,18). The van der Waals surface area contributed by atoms with Gasteiger partial charge in [-0.1, -0.05) is 19.1 Å². The van der Waals surface area contributed by atoms with E-state index in [1.807, 2.05) is 7.05 Å². The van der Waals surface area contributed by atoms with E-state index in [9.17, 15) is 4.79 Å². The monoisotopic (exact) mass is 245 g/mol. The second kappa shape index (κ2) is 4.84. The molecule has 0 saturated heterocycles. The van der Waals surface area contributed by atoms with E-state index in [1.54, 1.807) is 0 Å². The topological polar surface area (TPSA) is 42.2 Å². The van der Waals surface area contributed by atoms with Crippen molar-refractivity contribution in [2.75, 3.05) is 0 Å². The fourth-order valence-corrected chi connectivity index (χ4v) is 2.41. The van der Waals surface area contributed by atoms with E-state index in [2.05, 4.69) is 42.8 Å². The van der Waals surface area contributed by atoms with Crippen LogP contribution in [-0.2, 0) is 11.8 Å². The summed E-state index contributed by atoms with van der Waals surface area (Å²) in [6.45, 7) is 4.18. The number of carboxylic acid groups (broad SMARTS) is 1. The molecule has 0 aliphatic carbocycles. The predicted molar refractivity (Wildman–Crippen MR) is 72.9 cm³/mol. The van der Waals surface area contributed by atoms with Crippen molar-refractivity contribution in [3.05, 3.63) is 35.5 Å². The molecule has 0 aliphatic heterocycles. The highest BCUT2D eigenvalue weighted by atomic mass is 16.4. The average molecular weight is 245 g/mol. The minimum Gasteiger partial charge on any atom is -0.481 e. The van der Waals surface area contributed by atoms with Crippen LogP contribution in [0.15, 0.2) is 24.4 Å². The van der Waals surface area contributed by atoms with E-state index < -0.39 is 5.97 Å². The summed E-state index contributed by atoms with van der Waals surface area (Å²) in [5.41, 5.74) is 3.70. The van der Waals surface area contributed by atoms with Crippen molar-refractivity contribution in [1.29, 1.82) is 0 Å². The van der Waals surface area contributed by atoms with E-state index in [1.165, 1.54) is 22.0 Å². The number of rotatable bonds is 4. The van der Waals surface area contributed by atoms with Crippen LogP contribution in [-0.4, -0.2) is 15.6 Å². The zero-order valence-corrected chi connectivity index (χ0v) is 11.1. The van der Waals surface area contributed by atoms with Gasteiger partial charge in [-0.25, -0.2) is 0 Å². The van der Waals surface area contributed by atoms with Gasteiger partial charge in [0, 0.05) is 30.6 Å². The molecule has 1 heterocycles. The van der Waals surface area contributed by atoms with Crippen molar-refractivity contribution >= 4 is 16.9 Å². The van der Waals surface area contributed by atoms with Crippen molar-refractivity contribution in [2.24, 2.45) is 7.05 Å². The van der Waals surface area contributed by atoms with Gasteiger partial charge in [0.1, 0.15) is 0 Å². The van der Waals surface area contributed by atoms with E-state index in [-0.39, 0.29) is 12.3 Å². The highest BCUT2D eigenvalue weighted by Crippen LogP contribution is 2.30. The van der Waals surface area contributed by atoms with Crippen molar-refractivity contribution in [2.45, 2.75) is 32.6 Å². The van der Waals surface area contributed by atoms with Gasteiger partial charge in [-0.2, -0.15) is 0 Å². The zero-order chi connectivity index (χ0) is 13.3. The van der Waals surface area contributed by atoms with E-state index >= 15 is 0 Å². The number of hydrogen-bond acceptors (Lipinski definition) is 1. The summed E-state index contributed by atoms with van der Waals surface area (Å²) in [5, 5.41) is 10.00. The zero-order valence-electron chi connectivity index (χ0n) is 11.1. The lowest BCUT2D eigenvalue weighted by Crippen LogP contribution is -1.99. The lowest BCUT2D eigenvalue weighted by molar-refractivity contribution is -0.137. The van der Waals surface area contributed by atoms with Crippen LogP contribution in [0.25, 0.3) is 10.9 Å². The molecule has 0 amide bonds. The molecule has 18 heavy (non-hydrogen) atoms. The summed E-state index contributed by atoms with van der Waals surface area (Å²) in [5.74, 6) is -0.453. The van der Waals surface area contributed by atoms with Gasteiger partial charge in [-0.3, -0.25) is 4.79 Å². The number of carboxylic acids is 1. The van der Waals surface area contributed by atoms with E-state index in [0.717, 1.165) is 0 Å². The third-order valence-electron chi connectivity index (χ3n) is 3.50. The lowest BCUT2D eigenvalue weighted by Gasteiger charge is -2.08. The van der Waals surface area contributed by atoms with Crippen LogP contribution in [0.4, 0.5) is 0 Å². The van der Waals surface area contributed by atoms with E-state index in [4.69, 9.17) is 5.11 Å². The maximum absolute atomic E-state index is 10.6. The Kier molecular flexibility index (Phi) is 3.41. The Hall–Kier alpha value is -1.77. The van der Waals surface area contributed by atoms with Gasteiger partial charge in [0.15, 0.2) is 0 Å². The summed E-state index contributed by atoms with van der Waals surface area (Å²) >= 11 is 0. The highest BCUT2D eigenvalue weighted by molar-refractivity contribution is 5.85. The fraction of sp³-hybridized carbons (Fsp3) is 0.400. The number of carbonyl (C=O) groups is 1. The molecule has 0 radical (unpaired) electrons. The van der Waals surface area contributed by atoms with Gasteiger partial charge in [0.05, 0.1) is 0 Å². The van der Waals surface area contributed by atoms with Crippen LogP contribution in [0.2, 0.25) is 0 Å². The third-order valence-corrected chi connectivity index (χ3v) is 3.50. The first-order valence-corrected chi connectivity index (χ1v) is 6.26. The van der Waals surface area contributed by atoms with Gasteiger partial charge in [0.2, 0.25) is 0 Å². The second-order valence-corrected chi connectivity index (χ2v) is 5.05. The Morgan fingerprint density at radius 2 is 2.17 bits per heavy atom. The molecule has 3 heteroatoms. The first-order chi connectivity index (χ1) is 8.49. The summed E-state index contributed by atoms with van der Waals surface area (Å²) in [7, 11) is 2.04. The molecule has 2 rings (SSSR count). The number of benzene rings is 1. The number of aryl methyl sites for hydroxylation is 2. The lowest BCUT2D eigenvalue weighted by atomic mass is 9.95. The smallest absolute Gasteiger partial charge is 0.303 e. The van der Waals surface area contributed by atoms with Crippen LogP contribution < -0.4 is 0 Å². The molecule has 3 nitrogen and oxygen atoms in total. The van der Waals surface area contributed by atoms with Gasteiger partial charge < -0.3 is 9.67 Å². The molecule has 0 spiro atoms. The van der Waals surface area contributed by atoms with Gasteiger partial charge >= 0.3 is 5.97 Å². The maximum Gasteiger partial charge on any atom is 0.303 e. The maximum atomic E-state index is 10.6. The number of aliphatic carboxylic acids is 1. The van der Waals surface area contributed by atoms with Gasteiger partial charge in [-0.15, -0.1) is 0 Å². The quantitative estimate of drug-likeness (QED) is 0.896. The Labute approximate surface area is 107 Å². The van der Waals surface area contributed by atoms with Crippen LogP contribution in [0.3, 0.4) is 0 Å². The average Bonchev–Trinajstić information content (AvgIpc) is 2.63. The molecule has 0 aliphatic rings. The van der Waals surface area contributed by atoms with Crippen molar-refractivity contribution in [3.8, 4) is 0 Å². The Morgan fingerprint density at radius 3 is 2.83 bits per heavy atom. The Bertz CT molecular complexity index is 583. The number of hydrogen-bond donors (Lipinski definition) is 1. The molecule has 1 aromatic carbocycles. The molecule has 0 saturated carbocycles. The van der Waals surface area contributed by atoms with Crippen LogP contribution >= 0.6 is 0 Å². The summed E-state index contributed by atoms with van der Waals surface area (Å²) in [4.78, 5) is 10.6. The number of aromatic nitrogens is 1. The molecule has 0 fully saturated rings. The van der Waals surface area contributed by atoms with Crippen molar-refractivity contribution in [1.82, 2.24) is 4.57 Å². The van der Waals surface area contributed by atoms with Crippen LogP contribution in [0.1, 0.15) is 36.8 Å². The van der Waals surface area contributed by atoms with Gasteiger partial charge in [0.25, 0.3) is 0 Å². The Balaban J connectivity index is 2.36. The SMILES string of the molecule is Cc1ccc2c(C(C)CCC(=O)O)cn(C)c2c1. The predicted octanol–water partition coefficient (Wildman–Crippen LogP) is 3.46. The highest BCUT2D eigenvalue weighted by Gasteiger charge is 2.14. The van der Waals surface area contributed by atoms with E-state index in [0.29, 0.717) is 6.42 Å². The normalized spacial score (nSPS) is 12.8. The molecular formula is C15H19NO2. The summed E-state index contributed by atoms with van der Waals surface area (Å²) in [6.07, 6.45) is 3.03. The molecule has 1 atom stereocenters. The molecule has 1 unspecified atom stereocenters. The van der Waals surface area contributed by atoms with Crippen LogP contribution in [0, 0.1) is 6.92 Å². The van der Waals surface area contributed by atoms with Crippen molar-refractivity contribution in [3.63, 3.8) is 0 Å². The van der Waals surface area contributed by atoms with Crippen LogP contribution in [0.5, 0.6) is 0 Å². The first-order valence-electron chi connectivity index (χ1n) is 6.26. The molecule has 1 N–H and O–H groups in total. The minimum absolute atomic E-state index is 0.226. The number of nitrogens with zero attached hydrogens (tertiary/aromatic N) is 1. The van der Waals surface area contributed by atoms with Crippen molar-refractivity contribution < 1.29 is 9.90 Å². The third kappa shape index (κ3) is 2.40. The molecular weight excluding hydrogens is 226 g/mol. The minimum atomic E-state index is -0.724.